The zero-order valence-corrected chi connectivity index (χ0v) is 11.9. The van der Waals surface area contributed by atoms with Crippen LogP contribution in [0.25, 0.3) is 0 Å². The average molecular weight is 280 g/mol. The molecular formula is C15H20O5. The maximum absolute atomic E-state index is 11.1. The first-order valence-corrected chi connectivity index (χ1v) is 6.66. The summed E-state index contributed by atoms with van der Waals surface area (Å²) < 4.78 is 14.5. The molecule has 0 aromatic heterocycles. The first-order valence-electron chi connectivity index (χ1n) is 6.66. The summed E-state index contributed by atoms with van der Waals surface area (Å²) in [7, 11) is 2.58. The molecule has 0 radical (unpaired) electrons. The van der Waals surface area contributed by atoms with Crippen LogP contribution in [0.2, 0.25) is 0 Å². The van der Waals surface area contributed by atoms with Crippen molar-refractivity contribution in [3.63, 3.8) is 0 Å². The number of carbonyl (C=O) groups excluding carboxylic acids is 2. The lowest BCUT2D eigenvalue weighted by Crippen LogP contribution is -2.23. The Morgan fingerprint density at radius 3 is 2.45 bits per heavy atom. The van der Waals surface area contributed by atoms with Crippen molar-refractivity contribution in [2.24, 2.45) is 5.92 Å². The Hall–Kier alpha value is -1.96. The third-order valence-electron chi connectivity index (χ3n) is 3.21. The summed E-state index contributed by atoms with van der Waals surface area (Å²) in [5.74, 6) is 4.36. The van der Waals surface area contributed by atoms with Crippen molar-refractivity contribution in [2.45, 2.75) is 38.2 Å². The van der Waals surface area contributed by atoms with Crippen molar-refractivity contribution in [1.29, 1.82) is 0 Å². The average Bonchev–Trinajstić information content (AvgIpc) is 2.50. The van der Waals surface area contributed by atoms with Gasteiger partial charge >= 0.3 is 11.9 Å². The van der Waals surface area contributed by atoms with E-state index in [1.165, 1.54) is 33.0 Å². The van der Waals surface area contributed by atoms with Crippen LogP contribution in [0, 0.1) is 17.8 Å². The van der Waals surface area contributed by atoms with Gasteiger partial charge in [-0.3, -0.25) is 0 Å². The quantitative estimate of drug-likeness (QED) is 0.258. The molecule has 1 aliphatic rings. The molecule has 0 saturated heterocycles. The number of rotatable bonds is 4. The third kappa shape index (κ3) is 5.79. The minimum Gasteiger partial charge on any atom is -0.485 e. The highest BCUT2D eigenvalue weighted by molar-refractivity contribution is 5.88. The van der Waals surface area contributed by atoms with Crippen LogP contribution >= 0.6 is 0 Å². The lowest BCUT2D eigenvalue weighted by atomic mass is 9.85. The number of carbonyl (C=O) groups is 2. The van der Waals surface area contributed by atoms with Gasteiger partial charge in [0.25, 0.3) is 0 Å². The highest BCUT2D eigenvalue weighted by atomic mass is 16.5. The monoisotopic (exact) mass is 280 g/mol. The maximum Gasteiger partial charge on any atom is 0.384 e. The summed E-state index contributed by atoms with van der Waals surface area (Å²) in [6, 6.07) is 0. The number of methoxy groups -OCH3 is 2. The highest BCUT2D eigenvalue weighted by Crippen LogP contribution is 2.27. The van der Waals surface area contributed by atoms with Crippen molar-refractivity contribution in [3.05, 3.63) is 12.3 Å². The van der Waals surface area contributed by atoms with E-state index in [4.69, 9.17) is 4.74 Å². The van der Waals surface area contributed by atoms with Crippen LogP contribution in [0.5, 0.6) is 0 Å². The zero-order valence-electron chi connectivity index (χ0n) is 11.9. The topological polar surface area (TPSA) is 61.8 Å². The molecule has 0 spiro atoms. The Kier molecular flexibility index (Phi) is 7.26. The van der Waals surface area contributed by atoms with E-state index in [9.17, 15) is 9.59 Å². The highest BCUT2D eigenvalue weighted by Gasteiger charge is 2.23. The van der Waals surface area contributed by atoms with E-state index in [1.54, 1.807) is 0 Å². The van der Waals surface area contributed by atoms with Crippen molar-refractivity contribution < 1.29 is 23.8 Å². The van der Waals surface area contributed by atoms with Crippen LogP contribution in [0.4, 0.5) is 0 Å². The first kappa shape index (κ1) is 16.1. The van der Waals surface area contributed by atoms with E-state index < -0.39 is 18.0 Å². The third-order valence-corrected chi connectivity index (χ3v) is 3.21. The second kappa shape index (κ2) is 9.03. The fourth-order valence-corrected chi connectivity index (χ4v) is 2.13. The van der Waals surface area contributed by atoms with Crippen LogP contribution in [0.15, 0.2) is 12.3 Å². The van der Waals surface area contributed by atoms with Gasteiger partial charge in [-0.05, 0) is 18.8 Å². The van der Waals surface area contributed by atoms with Crippen LogP contribution < -0.4 is 0 Å². The molecule has 0 heterocycles. The fourth-order valence-electron chi connectivity index (χ4n) is 2.13. The van der Waals surface area contributed by atoms with Crippen molar-refractivity contribution in [2.75, 3.05) is 14.2 Å². The van der Waals surface area contributed by atoms with Crippen molar-refractivity contribution in [3.8, 4) is 11.8 Å². The summed E-state index contributed by atoms with van der Waals surface area (Å²) in [5, 5.41) is 0. The minimum atomic E-state index is -0.591. The first-order chi connectivity index (χ1) is 9.67. The van der Waals surface area contributed by atoms with Crippen LogP contribution in [-0.4, -0.2) is 32.3 Å². The van der Waals surface area contributed by atoms with Crippen molar-refractivity contribution >= 4 is 11.9 Å². The van der Waals surface area contributed by atoms with Gasteiger partial charge in [-0.25, -0.2) is 9.59 Å². The van der Waals surface area contributed by atoms with Gasteiger partial charge in [0.05, 0.1) is 26.6 Å². The number of esters is 2. The van der Waals surface area contributed by atoms with Gasteiger partial charge in [-0.1, -0.05) is 19.3 Å². The molecule has 1 aliphatic carbocycles. The molecule has 0 aromatic rings. The zero-order chi connectivity index (χ0) is 14.8. The maximum atomic E-state index is 11.1. The molecule has 0 bridgehead atoms. The second-order valence-corrected chi connectivity index (χ2v) is 4.54. The molecular weight excluding hydrogens is 260 g/mol. The van der Waals surface area contributed by atoms with Crippen molar-refractivity contribution in [1.82, 2.24) is 0 Å². The van der Waals surface area contributed by atoms with E-state index in [-0.39, 0.29) is 5.92 Å². The Balaban J connectivity index is 2.66. The van der Waals surface area contributed by atoms with Crippen LogP contribution in [0.3, 0.4) is 0 Å². The molecule has 5 heteroatoms. The Bertz CT molecular complexity index is 410. The molecule has 0 N–H and O–H groups in total. The van der Waals surface area contributed by atoms with Gasteiger partial charge < -0.3 is 14.2 Å². The lowest BCUT2D eigenvalue weighted by Gasteiger charge is -2.26. The summed E-state index contributed by atoms with van der Waals surface area (Å²) in [6.45, 7) is 0. The normalized spacial score (nSPS) is 16.9. The summed E-state index contributed by atoms with van der Waals surface area (Å²) in [4.78, 5) is 22.1. The van der Waals surface area contributed by atoms with Gasteiger partial charge in [0, 0.05) is 11.8 Å². The smallest absolute Gasteiger partial charge is 0.384 e. The van der Waals surface area contributed by atoms with Crippen LogP contribution in [-0.2, 0) is 23.8 Å². The molecule has 1 fully saturated rings. The molecule has 20 heavy (non-hydrogen) atoms. The standard InChI is InChI=1S/C15H20O5/c1-18-14(16)9-8-13(12-6-4-3-5-7-12)20-11-10-15(17)19-2/h10-13H,3-7H2,1-2H3/b11-10+. The van der Waals surface area contributed by atoms with E-state index in [2.05, 4.69) is 21.3 Å². The molecule has 1 saturated carbocycles. The lowest BCUT2D eigenvalue weighted by molar-refractivity contribution is -0.135. The Morgan fingerprint density at radius 1 is 1.15 bits per heavy atom. The van der Waals surface area contributed by atoms with E-state index in [0.29, 0.717) is 0 Å². The van der Waals surface area contributed by atoms with E-state index >= 15 is 0 Å². The van der Waals surface area contributed by atoms with E-state index in [1.807, 2.05) is 0 Å². The number of ether oxygens (including phenoxy) is 3. The molecule has 0 aliphatic heterocycles. The molecule has 110 valence electrons. The van der Waals surface area contributed by atoms with Crippen LogP contribution in [0.1, 0.15) is 32.1 Å². The van der Waals surface area contributed by atoms with Gasteiger partial charge in [-0.2, -0.15) is 0 Å². The fraction of sp³-hybridized carbons (Fsp3) is 0.600. The predicted molar refractivity (Wildman–Crippen MR) is 72.4 cm³/mol. The Morgan fingerprint density at radius 2 is 1.85 bits per heavy atom. The number of hydrogen-bond donors (Lipinski definition) is 0. The van der Waals surface area contributed by atoms with Gasteiger partial charge in [0.2, 0.25) is 0 Å². The largest absolute Gasteiger partial charge is 0.485 e. The van der Waals surface area contributed by atoms with Gasteiger partial charge in [-0.15, -0.1) is 0 Å². The molecule has 1 rings (SSSR count). The summed E-state index contributed by atoms with van der Waals surface area (Å²) >= 11 is 0. The Labute approximate surface area is 119 Å². The molecule has 0 amide bonds. The summed E-state index contributed by atoms with van der Waals surface area (Å²) in [6.07, 6.45) is 7.55. The molecule has 5 nitrogen and oxygen atoms in total. The van der Waals surface area contributed by atoms with Gasteiger partial charge in [0.15, 0.2) is 6.10 Å². The predicted octanol–water partition coefficient (Wildman–Crippen LogP) is 1.81. The second-order valence-electron chi connectivity index (χ2n) is 4.54. The molecule has 1 unspecified atom stereocenters. The molecule has 0 aromatic carbocycles. The molecule has 1 atom stereocenters. The SMILES string of the molecule is COC(=O)C#CC(O/C=C/C(=O)OC)C1CCCCC1. The number of hydrogen-bond acceptors (Lipinski definition) is 5. The summed E-state index contributed by atoms with van der Waals surface area (Å²) in [5.41, 5.74) is 0. The minimum absolute atomic E-state index is 0.267. The van der Waals surface area contributed by atoms with Gasteiger partial charge in [0.1, 0.15) is 0 Å². The van der Waals surface area contributed by atoms with E-state index in [0.717, 1.165) is 25.7 Å².